The molecule has 33 heavy (non-hydrogen) atoms. The first-order valence-electron chi connectivity index (χ1n) is 11.0. The van der Waals surface area contributed by atoms with Crippen LogP contribution in [0.1, 0.15) is 43.5 Å². The predicted octanol–water partition coefficient (Wildman–Crippen LogP) is 1.74. The number of carbonyl (C=O) groups is 4. The van der Waals surface area contributed by atoms with E-state index in [-0.39, 0.29) is 47.8 Å². The van der Waals surface area contributed by atoms with Crippen molar-refractivity contribution in [2.45, 2.75) is 44.0 Å². The first-order chi connectivity index (χ1) is 15.6. The van der Waals surface area contributed by atoms with Crippen molar-refractivity contribution in [3.63, 3.8) is 0 Å². The second-order valence-corrected chi connectivity index (χ2v) is 10.7. The molecule has 1 aliphatic carbocycles. The number of sulfonamides is 1. The standard InChI is InChI=1S/C23H26N2O7S/c1-14(2)13-18(25-21(27)15-7-3-4-8-16(15)22(25)28)23(29)32-12-11-24-20(26)17-9-5-6-10-19(17)33(24,30)31/h3-6,9-10,14-16,18H,7-8,11-13H2,1-2H3/t15-,16-,18-/m1/s1. The number of hydrogen-bond acceptors (Lipinski definition) is 7. The molecule has 2 aliphatic heterocycles. The molecule has 1 aromatic carbocycles. The van der Waals surface area contributed by atoms with Crippen molar-refractivity contribution in [3.8, 4) is 0 Å². The van der Waals surface area contributed by atoms with E-state index in [1.165, 1.54) is 18.2 Å². The van der Waals surface area contributed by atoms with Crippen LogP contribution in [0, 0.1) is 17.8 Å². The fourth-order valence-electron chi connectivity index (χ4n) is 4.66. The summed E-state index contributed by atoms with van der Waals surface area (Å²) in [5.74, 6) is -3.12. The van der Waals surface area contributed by atoms with Crippen LogP contribution in [0.2, 0.25) is 0 Å². The lowest BCUT2D eigenvalue weighted by atomic mass is 9.85. The maximum atomic E-state index is 13.0. The number of allylic oxidation sites excluding steroid dienone is 2. The van der Waals surface area contributed by atoms with Crippen LogP contribution in [0.25, 0.3) is 0 Å². The van der Waals surface area contributed by atoms with E-state index in [0.717, 1.165) is 4.90 Å². The summed E-state index contributed by atoms with van der Waals surface area (Å²) < 4.78 is 31.3. The summed E-state index contributed by atoms with van der Waals surface area (Å²) in [5.41, 5.74) is 0.0750. The summed E-state index contributed by atoms with van der Waals surface area (Å²) in [4.78, 5) is 52.3. The molecule has 2 heterocycles. The third-order valence-corrected chi connectivity index (χ3v) is 8.11. The smallest absolute Gasteiger partial charge is 0.329 e. The molecule has 3 atom stereocenters. The highest BCUT2D eigenvalue weighted by Crippen LogP contribution is 2.37. The molecule has 3 amide bonds. The van der Waals surface area contributed by atoms with Crippen LogP contribution in [-0.2, 0) is 29.1 Å². The van der Waals surface area contributed by atoms with Gasteiger partial charge in [-0.2, -0.15) is 0 Å². The topological polar surface area (TPSA) is 118 Å². The number of imide groups is 1. The first-order valence-corrected chi connectivity index (χ1v) is 12.4. The van der Waals surface area contributed by atoms with Crippen LogP contribution < -0.4 is 0 Å². The predicted molar refractivity (Wildman–Crippen MR) is 116 cm³/mol. The highest BCUT2D eigenvalue weighted by Gasteiger charge is 2.51. The summed E-state index contributed by atoms with van der Waals surface area (Å²) in [6.45, 7) is 3.00. The molecule has 0 bridgehead atoms. The number of likely N-dealkylation sites (tertiary alicyclic amines) is 1. The van der Waals surface area contributed by atoms with Gasteiger partial charge in [-0.3, -0.25) is 19.3 Å². The van der Waals surface area contributed by atoms with Gasteiger partial charge in [-0.25, -0.2) is 17.5 Å². The zero-order chi connectivity index (χ0) is 23.9. The van der Waals surface area contributed by atoms with Crippen molar-refractivity contribution in [1.29, 1.82) is 0 Å². The molecule has 0 saturated carbocycles. The Morgan fingerprint density at radius 1 is 1.06 bits per heavy atom. The summed E-state index contributed by atoms with van der Waals surface area (Å²) >= 11 is 0. The van der Waals surface area contributed by atoms with E-state index in [1.807, 2.05) is 26.0 Å². The lowest BCUT2D eigenvalue weighted by molar-refractivity contribution is -0.159. The zero-order valence-electron chi connectivity index (χ0n) is 18.5. The Morgan fingerprint density at radius 2 is 1.67 bits per heavy atom. The Labute approximate surface area is 192 Å². The van der Waals surface area contributed by atoms with Gasteiger partial charge in [0.15, 0.2) is 0 Å². The quantitative estimate of drug-likeness (QED) is 0.336. The van der Waals surface area contributed by atoms with Crippen molar-refractivity contribution in [2.24, 2.45) is 17.8 Å². The Kier molecular flexibility index (Phi) is 6.13. The third-order valence-electron chi connectivity index (χ3n) is 6.27. The summed E-state index contributed by atoms with van der Waals surface area (Å²) in [6, 6.07) is 4.80. The zero-order valence-corrected chi connectivity index (χ0v) is 19.3. The molecule has 9 nitrogen and oxygen atoms in total. The van der Waals surface area contributed by atoms with Crippen molar-refractivity contribution >= 4 is 33.7 Å². The summed E-state index contributed by atoms with van der Waals surface area (Å²) in [6.07, 6.45) is 4.90. The molecule has 10 heteroatoms. The number of amides is 3. The minimum Gasteiger partial charge on any atom is -0.462 e. The Bertz CT molecular complexity index is 1120. The van der Waals surface area contributed by atoms with Gasteiger partial charge in [0, 0.05) is 0 Å². The number of nitrogens with zero attached hydrogens (tertiary/aromatic N) is 2. The normalized spacial score (nSPS) is 24.3. The molecule has 4 rings (SSSR count). The number of ether oxygens (including phenoxy) is 1. The fraction of sp³-hybridized carbons (Fsp3) is 0.478. The Morgan fingerprint density at radius 3 is 2.24 bits per heavy atom. The fourth-order valence-corrected chi connectivity index (χ4v) is 6.22. The lowest BCUT2D eigenvalue weighted by Crippen LogP contribution is -2.47. The number of fused-ring (bicyclic) bond motifs is 2. The van der Waals surface area contributed by atoms with Gasteiger partial charge in [-0.15, -0.1) is 0 Å². The molecule has 0 N–H and O–H groups in total. The first kappa shape index (κ1) is 23.2. The summed E-state index contributed by atoms with van der Waals surface area (Å²) in [7, 11) is -4.01. The lowest BCUT2D eigenvalue weighted by Gasteiger charge is -2.27. The van der Waals surface area contributed by atoms with Crippen LogP contribution in [0.4, 0.5) is 0 Å². The van der Waals surface area contributed by atoms with Gasteiger partial charge in [0.2, 0.25) is 11.8 Å². The highest BCUT2D eigenvalue weighted by atomic mass is 32.2. The molecule has 176 valence electrons. The van der Waals surface area contributed by atoms with E-state index in [0.29, 0.717) is 17.1 Å². The van der Waals surface area contributed by atoms with Crippen LogP contribution in [0.3, 0.4) is 0 Å². The molecule has 0 unspecified atom stereocenters. The van der Waals surface area contributed by atoms with E-state index in [4.69, 9.17) is 4.74 Å². The van der Waals surface area contributed by atoms with Gasteiger partial charge < -0.3 is 4.74 Å². The molecule has 0 radical (unpaired) electrons. The molecule has 0 aromatic heterocycles. The van der Waals surface area contributed by atoms with Crippen molar-refractivity contribution in [2.75, 3.05) is 13.2 Å². The minimum atomic E-state index is -4.01. The maximum absolute atomic E-state index is 13.0. The average Bonchev–Trinajstić information content (AvgIpc) is 3.15. The van der Waals surface area contributed by atoms with Gasteiger partial charge >= 0.3 is 5.97 Å². The van der Waals surface area contributed by atoms with E-state index in [2.05, 4.69) is 0 Å². The van der Waals surface area contributed by atoms with Crippen LogP contribution >= 0.6 is 0 Å². The molecular weight excluding hydrogens is 448 g/mol. The number of benzene rings is 1. The van der Waals surface area contributed by atoms with Gasteiger partial charge in [0.25, 0.3) is 15.9 Å². The molecular formula is C23H26N2O7S. The highest BCUT2D eigenvalue weighted by molar-refractivity contribution is 7.90. The van der Waals surface area contributed by atoms with E-state index >= 15 is 0 Å². The number of hydrogen-bond donors (Lipinski definition) is 0. The van der Waals surface area contributed by atoms with Crippen molar-refractivity contribution in [1.82, 2.24) is 9.21 Å². The molecule has 1 aromatic rings. The van der Waals surface area contributed by atoms with Crippen LogP contribution in [0.15, 0.2) is 41.3 Å². The molecule has 3 aliphatic rings. The molecule has 1 saturated heterocycles. The molecule has 1 fully saturated rings. The van der Waals surface area contributed by atoms with Gasteiger partial charge in [0.05, 0.1) is 23.9 Å². The number of carbonyl (C=O) groups excluding carboxylic acids is 4. The molecule has 0 spiro atoms. The Balaban J connectivity index is 1.45. The second kappa shape index (κ2) is 8.74. The van der Waals surface area contributed by atoms with Gasteiger partial charge in [-0.1, -0.05) is 38.1 Å². The summed E-state index contributed by atoms with van der Waals surface area (Å²) in [5, 5.41) is 0. The van der Waals surface area contributed by atoms with Crippen LogP contribution in [0.5, 0.6) is 0 Å². The maximum Gasteiger partial charge on any atom is 0.329 e. The minimum absolute atomic E-state index is 0.000982. The third kappa shape index (κ3) is 3.96. The number of esters is 1. The van der Waals surface area contributed by atoms with Crippen LogP contribution in [-0.4, -0.2) is 60.5 Å². The monoisotopic (exact) mass is 474 g/mol. The largest absolute Gasteiger partial charge is 0.462 e. The van der Waals surface area contributed by atoms with Crippen molar-refractivity contribution in [3.05, 3.63) is 42.0 Å². The van der Waals surface area contributed by atoms with Gasteiger partial charge in [0.1, 0.15) is 17.5 Å². The van der Waals surface area contributed by atoms with Crippen molar-refractivity contribution < 1.29 is 32.3 Å². The van der Waals surface area contributed by atoms with E-state index in [9.17, 15) is 27.6 Å². The number of rotatable bonds is 7. The average molecular weight is 475 g/mol. The van der Waals surface area contributed by atoms with E-state index in [1.54, 1.807) is 6.07 Å². The second-order valence-electron chi connectivity index (χ2n) is 8.89. The van der Waals surface area contributed by atoms with E-state index < -0.39 is 39.8 Å². The SMILES string of the molecule is CC(C)C[C@H](C(=O)OCCN1C(=O)c2ccccc2S1(=O)=O)N1C(=O)[C@@H]2CC=CC[C@H]2C1=O. The Hall–Kier alpha value is -3.01. The van der Waals surface area contributed by atoms with Gasteiger partial charge in [-0.05, 0) is 37.3 Å².